The fraction of sp³-hybridized carbons (Fsp3) is 0.833. The topological polar surface area (TPSA) is 183 Å². The summed E-state index contributed by atoms with van der Waals surface area (Å²) in [7, 11) is 0. The van der Waals surface area contributed by atoms with Crippen LogP contribution in [0, 0.1) is 0 Å². The van der Waals surface area contributed by atoms with E-state index in [0.717, 1.165) is 0 Å². The van der Waals surface area contributed by atoms with Gasteiger partial charge in [-0.05, 0) is 0 Å². The summed E-state index contributed by atoms with van der Waals surface area (Å²) in [6.07, 6.45) is -12.6. The Labute approximate surface area is 129 Å². The van der Waals surface area contributed by atoms with Crippen LogP contribution in [0.15, 0.2) is 0 Å². The van der Waals surface area contributed by atoms with Crippen LogP contribution in [0.25, 0.3) is 0 Å². The van der Waals surface area contributed by atoms with Crippen LogP contribution in [0.5, 0.6) is 0 Å². The zero-order chi connectivity index (χ0) is 17.3. The molecule has 23 heavy (non-hydrogen) atoms. The van der Waals surface area contributed by atoms with Crippen molar-refractivity contribution in [3.05, 3.63) is 0 Å². The van der Waals surface area contributed by atoms with Crippen LogP contribution in [0.2, 0.25) is 0 Å². The number of aliphatic hydroxyl groups is 4. The summed E-state index contributed by atoms with van der Waals surface area (Å²) in [6.45, 7) is 0. The molecule has 8 unspecified atom stereocenters. The van der Waals surface area contributed by atoms with Gasteiger partial charge < -0.3 is 44.8 Å². The van der Waals surface area contributed by atoms with Crippen LogP contribution in [-0.4, -0.2) is 91.8 Å². The van der Waals surface area contributed by atoms with Gasteiger partial charge in [-0.2, -0.15) is 0 Å². The van der Waals surface area contributed by atoms with Gasteiger partial charge in [-0.15, -0.1) is 0 Å². The van der Waals surface area contributed by atoms with Gasteiger partial charge in [-0.25, -0.2) is 9.59 Å². The first-order valence-electron chi connectivity index (χ1n) is 6.85. The van der Waals surface area contributed by atoms with Gasteiger partial charge in [0.25, 0.3) is 0 Å². The summed E-state index contributed by atoms with van der Waals surface area (Å²) in [5.41, 5.74) is 0. The Kier molecular flexibility index (Phi) is 5.52. The Morgan fingerprint density at radius 2 is 1.35 bits per heavy atom. The van der Waals surface area contributed by atoms with Crippen molar-refractivity contribution in [1.82, 2.24) is 0 Å². The van der Waals surface area contributed by atoms with E-state index in [1.165, 1.54) is 0 Å². The second kappa shape index (κ2) is 7.05. The molecule has 132 valence electrons. The smallest absolute Gasteiger partial charge is 0.335 e. The van der Waals surface area contributed by atoms with Crippen molar-refractivity contribution in [2.24, 2.45) is 0 Å². The zero-order valence-corrected chi connectivity index (χ0v) is 11.8. The average molecular weight is 338 g/mol. The number of aliphatic carboxylic acids is 2. The monoisotopic (exact) mass is 338 g/mol. The first kappa shape index (κ1) is 18.0. The number of carboxylic acids is 2. The van der Waals surface area contributed by atoms with Gasteiger partial charge in [0, 0.05) is 12.8 Å². The van der Waals surface area contributed by atoms with Gasteiger partial charge in [-0.1, -0.05) is 0 Å². The Morgan fingerprint density at radius 3 is 1.91 bits per heavy atom. The summed E-state index contributed by atoms with van der Waals surface area (Å²) in [4.78, 5) is 21.8. The molecule has 2 aliphatic heterocycles. The number of hydrogen-bond acceptors (Lipinski definition) is 9. The van der Waals surface area contributed by atoms with Crippen LogP contribution < -0.4 is 0 Å². The quantitative estimate of drug-likeness (QED) is 0.304. The van der Waals surface area contributed by atoms with Gasteiger partial charge in [-0.3, -0.25) is 0 Å². The van der Waals surface area contributed by atoms with Crippen LogP contribution in [0.1, 0.15) is 12.8 Å². The molecule has 0 aliphatic carbocycles. The highest BCUT2D eigenvalue weighted by Crippen LogP contribution is 2.27. The lowest BCUT2D eigenvalue weighted by molar-refractivity contribution is -0.323. The van der Waals surface area contributed by atoms with Crippen LogP contribution in [0.3, 0.4) is 0 Å². The third-order valence-electron chi connectivity index (χ3n) is 3.65. The Hall–Kier alpha value is -1.34. The second-order valence-corrected chi connectivity index (χ2v) is 5.40. The highest BCUT2D eigenvalue weighted by Gasteiger charge is 2.46. The highest BCUT2D eigenvalue weighted by molar-refractivity contribution is 5.73. The van der Waals surface area contributed by atoms with E-state index in [1.807, 2.05) is 0 Å². The molecule has 0 aromatic rings. The van der Waals surface area contributed by atoms with E-state index in [2.05, 4.69) is 0 Å². The zero-order valence-electron chi connectivity index (χ0n) is 11.8. The standard InChI is InChI=1S/C12H18O11/c13-3-1-5(15)12(23-8(3)10(18)19)21-6-2-4(14)7(9(16)17)22-11(6)20/h3-8,11-15,20H,1-2H2,(H,16,17)(H,18,19). The van der Waals surface area contributed by atoms with Crippen molar-refractivity contribution in [3.63, 3.8) is 0 Å². The number of carboxylic acid groups (broad SMARTS) is 2. The van der Waals surface area contributed by atoms with E-state index in [1.54, 1.807) is 0 Å². The van der Waals surface area contributed by atoms with Crippen LogP contribution >= 0.6 is 0 Å². The van der Waals surface area contributed by atoms with E-state index in [0.29, 0.717) is 0 Å². The predicted molar refractivity (Wildman–Crippen MR) is 66.9 cm³/mol. The SMILES string of the molecule is O=C(O)C1OC(O)C(OC2OC(C(=O)O)C(O)CC2O)CC1O. The van der Waals surface area contributed by atoms with E-state index in [-0.39, 0.29) is 12.8 Å². The van der Waals surface area contributed by atoms with Crippen molar-refractivity contribution in [2.45, 2.75) is 62.0 Å². The molecule has 2 fully saturated rings. The molecule has 0 spiro atoms. The molecule has 2 aliphatic rings. The summed E-state index contributed by atoms with van der Waals surface area (Å²) in [5.74, 6) is -2.91. The lowest BCUT2D eigenvalue weighted by Crippen LogP contribution is -2.56. The lowest BCUT2D eigenvalue weighted by Gasteiger charge is -2.40. The van der Waals surface area contributed by atoms with Crippen molar-refractivity contribution >= 4 is 11.9 Å². The van der Waals surface area contributed by atoms with Crippen molar-refractivity contribution in [2.75, 3.05) is 0 Å². The van der Waals surface area contributed by atoms with E-state index in [4.69, 9.17) is 24.4 Å². The summed E-state index contributed by atoms with van der Waals surface area (Å²) < 4.78 is 14.9. The maximum Gasteiger partial charge on any atom is 0.335 e. The van der Waals surface area contributed by atoms with Gasteiger partial charge in [0.1, 0.15) is 12.2 Å². The molecule has 11 nitrogen and oxygen atoms in total. The minimum absolute atomic E-state index is 0.328. The van der Waals surface area contributed by atoms with Crippen LogP contribution in [-0.2, 0) is 23.8 Å². The fourth-order valence-electron chi connectivity index (χ4n) is 2.48. The number of aliphatic hydroxyl groups excluding tert-OH is 4. The lowest BCUT2D eigenvalue weighted by atomic mass is 10.0. The third-order valence-corrected chi connectivity index (χ3v) is 3.65. The molecule has 2 heterocycles. The Bertz CT molecular complexity index is 454. The molecule has 8 atom stereocenters. The molecule has 0 amide bonds. The molecule has 2 saturated heterocycles. The number of ether oxygens (including phenoxy) is 3. The first-order chi connectivity index (χ1) is 10.7. The maximum atomic E-state index is 10.9. The average Bonchev–Trinajstić information content (AvgIpc) is 2.44. The van der Waals surface area contributed by atoms with Crippen molar-refractivity contribution in [1.29, 1.82) is 0 Å². The van der Waals surface area contributed by atoms with Gasteiger partial charge in [0.05, 0.1) is 12.2 Å². The van der Waals surface area contributed by atoms with Gasteiger partial charge in [0.15, 0.2) is 24.8 Å². The molecule has 0 bridgehead atoms. The highest BCUT2D eigenvalue weighted by atomic mass is 16.7. The molecular weight excluding hydrogens is 320 g/mol. The summed E-state index contributed by atoms with van der Waals surface area (Å²) in [6, 6.07) is 0. The van der Waals surface area contributed by atoms with Crippen molar-refractivity contribution in [3.8, 4) is 0 Å². The number of hydrogen-bond donors (Lipinski definition) is 6. The minimum atomic E-state index is -1.72. The molecule has 6 N–H and O–H groups in total. The molecule has 0 aromatic carbocycles. The molecular formula is C12H18O11. The Morgan fingerprint density at radius 1 is 0.826 bits per heavy atom. The summed E-state index contributed by atoms with van der Waals surface area (Å²) >= 11 is 0. The van der Waals surface area contributed by atoms with E-state index in [9.17, 15) is 30.0 Å². The Balaban J connectivity index is 2.00. The number of rotatable bonds is 4. The molecule has 0 aromatic heterocycles. The molecule has 11 heteroatoms. The first-order valence-corrected chi connectivity index (χ1v) is 6.85. The minimum Gasteiger partial charge on any atom is -0.479 e. The third kappa shape index (κ3) is 3.95. The maximum absolute atomic E-state index is 10.9. The predicted octanol–water partition coefficient (Wildman–Crippen LogP) is -3.15. The van der Waals surface area contributed by atoms with Gasteiger partial charge >= 0.3 is 11.9 Å². The van der Waals surface area contributed by atoms with Gasteiger partial charge in [0.2, 0.25) is 0 Å². The van der Waals surface area contributed by atoms with Crippen molar-refractivity contribution < 1.29 is 54.4 Å². The number of carbonyl (C=O) groups is 2. The largest absolute Gasteiger partial charge is 0.479 e. The summed E-state index contributed by atoms with van der Waals surface area (Å²) in [5, 5.41) is 56.4. The van der Waals surface area contributed by atoms with E-state index < -0.39 is 61.1 Å². The second-order valence-electron chi connectivity index (χ2n) is 5.40. The molecule has 0 saturated carbocycles. The molecule has 2 rings (SSSR count). The molecule has 0 radical (unpaired) electrons. The van der Waals surface area contributed by atoms with Crippen LogP contribution in [0.4, 0.5) is 0 Å². The van der Waals surface area contributed by atoms with E-state index >= 15 is 0 Å². The fourth-order valence-corrected chi connectivity index (χ4v) is 2.48. The normalized spacial score (nSPS) is 44.7.